The Labute approximate surface area is 107 Å². The van der Waals surface area contributed by atoms with Gasteiger partial charge in [0.1, 0.15) is 6.54 Å². The summed E-state index contributed by atoms with van der Waals surface area (Å²) in [4.78, 5) is 11.9. The summed E-state index contributed by atoms with van der Waals surface area (Å²) in [7, 11) is 3.54. The molecule has 1 rings (SSSR count). The number of benzene rings is 1. The van der Waals surface area contributed by atoms with E-state index in [9.17, 15) is 4.79 Å². The molecule has 1 unspecified atom stereocenters. The zero-order valence-corrected chi connectivity index (χ0v) is 11.2. The molecular formula is C13H21N2O3+. The van der Waals surface area contributed by atoms with Crippen LogP contribution in [0.5, 0.6) is 11.5 Å². The number of ether oxygens (including phenoxy) is 2. The second kappa shape index (κ2) is 6.86. The number of carbonyl (C=O) groups is 1. The Bertz CT molecular complexity index is 407. The number of amides is 1. The number of rotatable bonds is 7. The van der Waals surface area contributed by atoms with Crippen molar-refractivity contribution < 1.29 is 19.2 Å². The van der Waals surface area contributed by atoms with Crippen LogP contribution in [-0.4, -0.2) is 33.2 Å². The van der Waals surface area contributed by atoms with Gasteiger partial charge in [-0.3, -0.25) is 4.79 Å². The van der Waals surface area contributed by atoms with Gasteiger partial charge < -0.3 is 20.1 Å². The van der Waals surface area contributed by atoms with Crippen LogP contribution in [0.4, 0.5) is 0 Å². The predicted molar refractivity (Wildman–Crippen MR) is 68.8 cm³/mol. The van der Waals surface area contributed by atoms with Crippen LogP contribution in [0, 0.1) is 0 Å². The van der Waals surface area contributed by atoms with Gasteiger partial charge in [0.2, 0.25) is 0 Å². The third kappa shape index (κ3) is 4.25. The van der Waals surface area contributed by atoms with E-state index in [1.54, 1.807) is 7.11 Å². The van der Waals surface area contributed by atoms with Gasteiger partial charge >= 0.3 is 0 Å². The summed E-state index contributed by atoms with van der Waals surface area (Å²) in [6, 6.07) is 5.78. The normalized spacial score (nSPS) is 11.9. The van der Waals surface area contributed by atoms with Crippen molar-refractivity contribution in [2.24, 2.45) is 5.73 Å². The number of nitrogens with one attached hydrogen (secondary N) is 1. The van der Waals surface area contributed by atoms with E-state index in [2.05, 4.69) is 0 Å². The van der Waals surface area contributed by atoms with E-state index < -0.39 is 0 Å². The predicted octanol–water partition coefficient (Wildman–Crippen LogP) is -0.406. The van der Waals surface area contributed by atoms with Crippen LogP contribution >= 0.6 is 0 Å². The molecule has 0 aliphatic carbocycles. The van der Waals surface area contributed by atoms with Crippen molar-refractivity contribution >= 4 is 5.91 Å². The van der Waals surface area contributed by atoms with Crippen molar-refractivity contribution in [1.29, 1.82) is 0 Å². The molecule has 0 bridgehead atoms. The number of hydrogen-bond donors (Lipinski definition) is 2. The maximum Gasteiger partial charge on any atom is 0.272 e. The minimum absolute atomic E-state index is 0.301. The molecule has 0 saturated heterocycles. The topological polar surface area (TPSA) is 66.0 Å². The molecule has 1 aromatic rings. The summed E-state index contributed by atoms with van der Waals surface area (Å²) in [6.45, 7) is 3.56. The Kier molecular flexibility index (Phi) is 5.45. The van der Waals surface area contributed by atoms with Crippen LogP contribution < -0.4 is 20.1 Å². The van der Waals surface area contributed by atoms with Crippen LogP contribution in [0.15, 0.2) is 18.2 Å². The lowest BCUT2D eigenvalue weighted by Crippen LogP contribution is -3.08. The molecule has 5 nitrogen and oxygen atoms in total. The summed E-state index contributed by atoms with van der Waals surface area (Å²) >= 11 is 0. The molecule has 18 heavy (non-hydrogen) atoms. The molecule has 0 aliphatic rings. The van der Waals surface area contributed by atoms with Gasteiger partial charge in [0.05, 0.1) is 20.8 Å². The van der Waals surface area contributed by atoms with Gasteiger partial charge in [-0.1, -0.05) is 0 Å². The first-order valence-corrected chi connectivity index (χ1v) is 5.96. The maximum absolute atomic E-state index is 10.8. The van der Waals surface area contributed by atoms with E-state index in [0.29, 0.717) is 25.4 Å². The second-order valence-corrected chi connectivity index (χ2v) is 4.20. The third-order valence-electron chi connectivity index (χ3n) is 2.51. The standard InChI is InChI=1S/C13H20N2O3/c1-4-18-11-6-5-10(7-12(11)17-3)8-15(2)9-13(14)16/h5-7H,4,8-9H2,1-3H3,(H2,14,16)/p+1. The molecule has 100 valence electrons. The number of nitrogens with two attached hydrogens (primary N) is 1. The van der Waals surface area contributed by atoms with Gasteiger partial charge in [0.25, 0.3) is 5.91 Å². The minimum atomic E-state index is -0.301. The molecule has 0 aromatic heterocycles. The molecule has 1 amide bonds. The molecule has 0 aliphatic heterocycles. The van der Waals surface area contributed by atoms with E-state index in [4.69, 9.17) is 15.2 Å². The summed E-state index contributed by atoms with van der Waals surface area (Å²) in [5, 5.41) is 0. The lowest BCUT2D eigenvalue weighted by molar-refractivity contribution is -0.885. The zero-order valence-electron chi connectivity index (χ0n) is 11.2. The van der Waals surface area contributed by atoms with Crippen molar-refractivity contribution in [1.82, 2.24) is 0 Å². The quantitative estimate of drug-likeness (QED) is 0.694. The zero-order chi connectivity index (χ0) is 13.5. The summed E-state index contributed by atoms with van der Waals surface area (Å²) < 4.78 is 10.7. The van der Waals surface area contributed by atoms with E-state index in [1.165, 1.54) is 0 Å². The number of carbonyl (C=O) groups excluding carboxylic acids is 1. The van der Waals surface area contributed by atoms with Gasteiger partial charge in [-0.2, -0.15) is 0 Å². The first-order chi connectivity index (χ1) is 8.56. The molecular weight excluding hydrogens is 232 g/mol. The van der Waals surface area contributed by atoms with E-state index >= 15 is 0 Å². The lowest BCUT2D eigenvalue weighted by Gasteiger charge is -2.14. The van der Waals surface area contributed by atoms with Gasteiger partial charge in [-0.05, 0) is 25.1 Å². The fraction of sp³-hybridized carbons (Fsp3) is 0.462. The van der Waals surface area contributed by atoms with Crippen molar-refractivity contribution in [3.63, 3.8) is 0 Å². The molecule has 1 aromatic carbocycles. The van der Waals surface area contributed by atoms with Crippen LogP contribution in [0.1, 0.15) is 12.5 Å². The molecule has 0 fully saturated rings. The van der Waals surface area contributed by atoms with Crippen molar-refractivity contribution in [3.05, 3.63) is 23.8 Å². The smallest absolute Gasteiger partial charge is 0.272 e. The van der Waals surface area contributed by atoms with Crippen LogP contribution in [0.3, 0.4) is 0 Å². The Morgan fingerprint density at radius 2 is 2.11 bits per heavy atom. The fourth-order valence-electron chi connectivity index (χ4n) is 1.81. The Balaban J connectivity index is 2.75. The first kappa shape index (κ1) is 14.3. The molecule has 1 atom stereocenters. The molecule has 0 radical (unpaired) electrons. The van der Waals surface area contributed by atoms with E-state index in [0.717, 1.165) is 16.2 Å². The lowest BCUT2D eigenvalue weighted by atomic mass is 10.2. The SMILES string of the molecule is CCOc1ccc(C[NH+](C)CC(N)=O)cc1OC. The van der Waals surface area contributed by atoms with Crippen molar-refractivity contribution in [2.45, 2.75) is 13.5 Å². The summed E-state index contributed by atoms with van der Waals surface area (Å²) in [5.41, 5.74) is 6.24. The van der Waals surface area contributed by atoms with Crippen LogP contribution in [0.2, 0.25) is 0 Å². The largest absolute Gasteiger partial charge is 0.493 e. The molecule has 0 saturated carbocycles. The Morgan fingerprint density at radius 1 is 1.39 bits per heavy atom. The van der Waals surface area contributed by atoms with Gasteiger partial charge in [-0.25, -0.2) is 0 Å². The maximum atomic E-state index is 10.8. The summed E-state index contributed by atoms with van der Waals surface area (Å²) in [5.74, 6) is 1.14. The van der Waals surface area contributed by atoms with Crippen LogP contribution in [0.25, 0.3) is 0 Å². The van der Waals surface area contributed by atoms with Gasteiger partial charge in [-0.15, -0.1) is 0 Å². The first-order valence-electron chi connectivity index (χ1n) is 5.96. The van der Waals surface area contributed by atoms with Crippen molar-refractivity contribution in [3.8, 4) is 11.5 Å². The highest BCUT2D eigenvalue weighted by molar-refractivity contribution is 5.74. The number of likely N-dealkylation sites (N-methyl/N-ethyl adjacent to an activating group) is 1. The van der Waals surface area contributed by atoms with E-state index in [1.807, 2.05) is 32.2 Å². The number of methoxy groups -OCH3 is 1. The molecule has 0 heterocycles. The monoisotopic (exact) mass is 253 g/mol. The van der Waals surface area contributed by atoms with Gasteiger partial charge in [0.15, 0.2) is 18.0 Å². The average Bonchev–Trinajstić information content (AvgIpc) is 2.30. The number of quaternary nitrogens is 1. The highest BCUT2D eigenvalue weighted by atomic mass is 16.5. The second-order valence-electron chi connectivity index (χ2n) is 4.20. The summed E-state index contributed by atoms with van der Waals surface area (Å²) in [6.07, 6.45) is 0. The third-order valence-corrected chi connectivity index (χ3v) is 2.51. The van der Waals surface area contributed by atoms with Gasteiger partial charge in [0, 0.05) is 5.56 Å². The molecule has 3 N–H and O–H groups in total. The fourth-order valence-corrected chi connectivity index (χ4v) is 1.81. The number of primary amides is 1. The Hall–Kier alpha value is -1.75. The highest BCUT2D eigenvalue weighted by Gasteiger charge is 2.10. The average molecular weight is 253 g/mol. The van der Waals surface area contributed by atoms with Crippen molar-refractivity contribution in [2.75, 3.05) is 27.3 Å². The van der Waals surface area contributed by atoms with E-state index in [-0.39, 0.29) is 5.91 Å². The molecule has 5 heteroatoms. The Morgan fingerprint density at radius 3 is 2.67 bits per heavy atom. The highest BCUT2D eigenvalue weighted by Crippen LogP contribution is 2.27. The number of hydrogen-bond acceptors (Lipinski definition) is 3. The molecule has 0 spiro atoms. The van der Waals surface area contributed by atoms with Crippen LogP contribution in [-0.2, 0) is 11.3 Å². The minimum Gasteiger partial charge on any atom is -0.493 e.